The van der Waals surface area contributed by atoms with E-state index in [2.05, 4.69) is 0 Å². The van der Waals surface area contributed by atoms with Crippen LogP contribution in [0.25, 0.3) is 0 Å². The first-order valence-electron chi connectivity index (χ1n) is 4.77. The number of carbonyl (C=O) groups excluding carboxylic acids is 1. The number of carbonyl (C=O) groups is 2. The second-order valence-corrected chi connectivity index (χ2v) is 3.78. The zero-order chi connectivity index (χ0) is 10.6. The highest BCUT2D eigenvalue weighted by atomic mass is 16.5. The lowest BCUT2D eigenvalue weighted by molar-refractivity contribution is -0.159. The molecule has 1 amide bonds. The average molecular weight is 201 g/mol. The lowest BCUT2D eigenvalue weighted by Gasteiger charge is -2.15. The van der Waals surface area contributed by atoms with Crippen molar-refractivity contribution in [2.45, 2.75) is 25.7 Å². The summed E-state index contributed by atoms with van der Waals surface area (Å²) in [6.45, 7) is -0.119. The van der Waals surface area contributed by atoms with Crippen molar-refractivity contribution in [3.63, 3.8) is 0 Å². The smallest absolute Gasteiger partial charge is 0.308 e. The van der Waals surface area contributed by atoms with Gasteiger partial charge in [-0.05, 0) is 18.8 Å². The van der Waals surface area contributed by atoms with Crippen LogP contribution in [0.1, 0.15) is 25.7 Å². The first kappa shape index (κ1) is 11.0. The van der Waals surface area contributed by atoms with Gasteiger partial charge in [-0.1, -0.05) is 12.8 Å². The third kappa shape index (κ3) is 3.74. The van der Waals surface area contributed by atoms with Gasteiger partial charge < -0.3 is 5.11 Å². The lowest BCUT2D eigenvalue weighted by atomic mass is 10.0. The second kappa shape index (κ2) is 4.95. The molecule has 0 heterocycles. The molecule has 0 bridgehead atoms. The molecule has 0 aromatic rings. The van der Waals surface area contributed by atoms with E-state index < -0.39 is 11.9 Å². The fraction of sp³-hybridized carbons (Fsp3) is 0.778. The summed E-state index contributed by atoms with van der Waals surface area (Å²) in [7, 11) is 0. The summed E-state index contributed by atoms with van der Waals surface area (Å²) in [6.07, 6.45) is 4.01. The van der Waals surface area contributed by atoms with E-state index in [1.54, 1.807) is 0 Å². The first-order chi connectivity index (χ1) is 6.63. The molecular formula is C9H15NO4. The van der Waals surface area contributed by atoms with Gasteiger partial charge in [0.1, 0.15) is 0 Å². The molecular weight excluding hydrogens is 186 g/mol. The van der Waals surface area contributed by atoms with Crippen LogP contribution in [0, 0.1) is 11.8 Å². The van der Waals surface area contributed by atoms with Gasteiger partial charge in [0.05, 0.1) is 12.5 Å². The van der Waals surface area contributed by atoms with E-state index in [0.29, 0.717) is 17.4 Å². The molecule has 2 N–H and O–H groups in total. The van der Waals surface area contributed by atoms with Crippen molar-refractivity contribution in [3.05, 3.63) is 0 Å². The number of aliphatic carboxylic acids is 1. The van der Waals surface area contributed by atoms with Crippen LogP contribution in [0.2, 0.25) is 0 Å². The maximum absolute atomic E-state index is 10.7. The SMILES string of the molecule is O=CN(O)CC(CCC1CC1)C(=O)O. The number of rotatable bonds is 7. The maximum Gasteiger partial charge on any atom is 0.308 e. The molecule has 0 spiro atoms. The van der Waals surface area contributed by atoms with Gasteiger partial charge in [-0.15, -0.1) is 0 Å². The molecule has 1 aliphatic rings. The zero-order valence-corrected chi connectivity index (χ0v) is 7.93. The predicted octanol–water partition coefficient (Wildman–Crippen LogP) is 0.725. The molecule has 1 aliphatic carbocycles. The molecule has 1 unspecified atom stereocenters. The highest BCUT2D eigenvalue weighted by molar-refractivity contribution is 5.70. The van der Waals surface area contributed by atoms with Crippen LogP contribution in [0.3, 0.4) is 0 Å². The summed E-state index contributed by atoms with van der Waals surface area (Å²) in [5.41, 5.74) is 0. The molecule has 0 aromatic carbocycles. The molecule has 1 saturated carbocycles. The zero-order valence-electron chi connectivity index (χ0n) is 7.93. The van der Waals surface area contributed by atoms with E-state index in [-0.39, 0.29) is 13.0 Å². The fourth-order valence-electron chi connectivity index (χ4n) is 1.41. The number of carboxylic acid groups (broad SMARTS) is 1. The van der Waals surface area contributed by atoms with Crippen molar-refractivity contribution < 1.29 is 19.9 Å². The Hall–Kier alpha value is -1.10. The minimum atomic E-state index is -0.952. The molecule has 0 saturated heterocycles. The Balaban J connectivity index is 2.28. The third-order valence-corrected chi connectivity index (χ3v) is 2.50. The molecule has 5 heteroatoms. The summed E-state index contributed by atoms with van der Waals surface area (Å²) in [5, 5.41) is 18.1. The van der Waals surface area contributed by atoms with Crippen molar-refractivity contribution in [1.82, 2.24) is 5.06 Å². The number of hydrogen-bond donors (Lipinski definition) is 2. The van der Waals surface area contributed by atoms with Gasteiger partial charge in [0.15, 0.2) is 0 Å². The normalized spacial score (nSPS) is 17.5. The van der Waals surface area contributed by atoms with Crippen LogP contribution in [0.4, 0.5) is 0 Å². The van der Waals surface area contributed by atoms with E-state index in [1.165, 1.54) is 12.8 Å². The summed E-state index contributed by atoms with van der Waals surface area (Å²) >= 11 is 0. The first-order valence-corrected chi connectivity index (χ1v) is 4.77. The second-order valence-electron chi connectivity index (χ2n) is 3.78. The minimum Gasteiger partial charge on any atom is -0.481 e. The standard InChI is InChI=1S/C9H15NO4/c11-6-10(14)5-8(9(12)13)4-3-7-1-2-7/h6-8,14H,1-5H2,(H,12,13). The number of nitrogens with zero attached hydrogens (tertiary/aromatic N) is 1. The molecule has 1 fully saturated rings. The van der Waals surface area contributed by atoms with Gasteiger partial charge >= 0.3 is 5.97 Å². The van der Waals surface area contributed by atoms with Crippen LogP contribution in [0.15, 0.2) is 0 Å². The molecule has 14 heavy (non-hydrogen) atoms. The molecule has 1 atom stereocenters. The van der Waals surface area contributed by atoms with Gasteiger partial charge in [0, 0.05) is 0 Å². The molecule has 0 aliphatic heterocycles. The summed E-state index contributed by atoms with van der Waals surface area (Å²) in [6, 6.07) is 0. The number of hydrogen-bond acceptors (Lipinski definition) is 3. The average Bonchev–Trinajstić information content (AvgIpc) is 2.94. The van der Waals surface area contributed by atoms with Crippen molar-refractivity contribution in [2.24, 2.45) is 11.8 Å². The summed E-state index contributed by atoms with van der Waals surface area (Å²) in [5.74, 6) is -0.933. The minimum absolute atomic E-state index is 0.119. The fourth-order valence-corrected chi connectivity index (χ4v) is 1.41. The Labute approximate surface area is 82.3 Å². The Kier molecular flexibility index (Phi) is 3.88. The molecule has 1 rings (SSSR count). The molecule has 0 aromatic heterocycles. The van der Waals surface area contributed by atoms with Gasteiger partial charge in [0.2, 0.25) is 6.41 Å². The van der Waals surface area contributed by atoms with Crippen molar-refractivity contribution in [2.75, 3.05) is 6.54 Å². The van der Waals surface area contributed by atoms with Crippen molar-refractivity contribution in [1.29, 1.82) is 0 Å². The van der Waals surface area contributed by atoms with E-state index >= 15 is 0 Å². The summed E-state index contributed by atoms with van der Waals surface area (Å²) in [4.78, 5) is 20.8. The van der Waals surface area contributed by atoms with Crippen LogP contribution in [0.5, 0.6) is 0 Å². The largest absolute Gasteiger partial charge is 0.481 e. The van der Waals surface area contributed by atoms with Crippen LogP contribution in [-0.4, -0.2) is 34.3 Å². The van der Waals surface area contributed by atoms with Crippen LogP contribution in [-0.2, 0) is 9.59 Å². The quantitative estimate of drug-likeness (QED) is 0.361. The Morgan fingerprint density at radius 2 is 2.21 bits per heavy atom. The van der Waals surface area contributed by atoms with E-state index in [9.17, 15) is 9.59 Å². The Morgan fingerprint density at radius 1 is 1.57 bits per heavy atom. The van der Waals surface area contributed by atoms with Gasteiger partial charge in [-0.25, -0.2) is 5.06 Å². The number of amides is 1. The van der Waals surface area contributed by atoms with Gasteiger partial charge in [0.25, 0.3) is 0 Å². The highest BCUT2D eigenvalue weighted by Crippen LogP contribution is 2.34. The molecule has 80 valence electrons. The predicted molar refractivity (Wildman–Crippen MR) is 47.6 cm³/mol. The van der Waals surface area contributed by atoms with Crippen molar-refractivity contribution in [3.8, 4) is 0 Å². The topological polar surface area (TPSA) is 77.8 Å². The van der Waals surface area contributed by atoms with E-state index in [0.717, 1.165) is 6.42 Å². The molecule has 0 radical (unpaired) electrons. The van der Waals surface area contributed by atoms with Crippen LogP contribution < -0.4 is 0 Å². The Bertz CT molecular complexity index is 215. The Morgan fingerprint density at radius 3 is 2.64 bits per heavy atom. The van der Waals surface area contributed by atoms with Gasteiger partial charge in [-0.3, -0.25) is 14.8 Å². The van der Waals surface area contributed by atoms with E-state index in [4.69, 9.17) is 10.3 Å². The monoisotopic (exact) mass is 201 g/mol. The highest BCUT2D eigenvalue weighted by Gasteiger charge is 2.26. The lowest BCUT2D eigenvalue weighted by Crippen LogP contribution is -2.30. The van der Waals surface area contributed by atoms with E-state index in [1.807, 2.05) is 0 Å². The van der Waals surface area contributed by atoms with Gasteiger partial charge in [-0.2, -0.15) is 0 Å². The number of carboxylic acids is 1. The summed E-state index contributed by atoms with van der Waals surface area (Å²) < 4.78 is 0. The van der Waals surface area contributed by atoms with Crippen molar-refractivity contribution >= 4 is 12.4 Å². The third-order valence-electron chi connectivity index (χ3n) is 2.50. The maximum atomic E-state index is 10.7. The number of hydroxylamine groups is 2. The molecule has 5 nitrogen and oxygen atoms in total. The van der Waals surface area contributed by atoms with Crippen LogP contribution >= 0.6 is 0 Å².